The van der Waals surface area contributed by atoms with Crippen molar-refractivity contribution >= 4 is 17.9 Å². The maximum absolute atomic E-state index is 12.2. The molecule has 1 saturated heterocycles. The number of carbonyl (C=O) groups excluding carboxylic acids is 3. The number of urea groups is 1. The largest absolute Gasteiger partial charge is 0.490 e. The first kappa shape index (κ1) is 19.6. The lowest BCUT2D eigenvalue weighted by atomic mass is 10.2. The number of amides is 3. The van der Waals surface area contributed by atoms with Gasteiger partial charge in [-0.15, -0.1) is 0 Å². The molecule has 0 unspecified atom stereocenters. The zero-order valence-electron chi connectivity index (χ0n) is 15.2. The van der Waals surface area contributed by atoms with E-state index in [-0.39, 0.29) is 12.1 Å². The first-order valence-corrected chi connectivity index (χ1v) is 8.57. The molecule has 142 valence electrons. The van der Waals surface area contributed by atoms with Gasteiger partial charge in [0.2, 0.25) is 0 Å². The van der Waals surface area contributed by atoms with E-state index in [4.69, 9.17) is 14.2 Å². The number of ether oxygens (including phenoxy) is 3. The monoisotopic (exact) mass is 364 g/mol. The standard InChI is InChI=1S/C18H24N2O6/c1-4-24-15-9-13(5-6-14(15)25-10-12(2)3)17(22)26-11-16(21)20-8-7-19-18(20)23/h5-6,9,12H,4,7-8,10-11H2,1-3H3,(H,19,23). The molecule has 0 spiro atoms. The molecule has 0 aliphatic carbocycles. The number of esters is 1. The van der Waals surface area contributed by atoms with Gasteiger partial charge in [0, 0.05) is 13.1 Å². The zero-order chi connectivity index (χ0) is 19.1. The average Bonchev–Trinajstić information content (AvgIpc) is 3.04. The van der Waals surface area contributed by atoms with Crippen molar-refractivity contribution in [3.8, 4) is 11.5 Å². The Morgan fingerprint density at radius 3 is 2.62 bits per heavy atom. The van der Waals surface area contributed by atoms with Crippen molar-refractivity contribution in [1.82, 2.24) is 10.2 Å². The number of hydrogen-bond acceptors (Lipinski definition) is 6. The molecule has 26 heavy (non-hydrogen) atoms. The summed E-state index contributed by atoms with van der Waals surface area (Å²) in [4.78, 5) is 36.5. The van der Waals surface area contributed by atoms with E-state index in [2.05, 4.69) is 5.32 Å². The molecule has 1 fully saturated rings. The summed E-state index contributed by atoms with van der Waals surface area (Å²) in [5, 5.41) is 2.51. The molecule has 1 aromatic carbocycles. The molecule has 1 N–H and O–H groups in total. The summed E-state index contributed by atoms with van der Waals surface area (Å²) in [6, 6.07) is 4.23. The van der Waals surface area contributed by atoms with Crippen LogP contribution in [0.15, 0.2) is 18.2 Å². The SMILES string of the molecule is CCOc1cc(C(=O)OCC(=O)N2CCNC2=O)ccc1OCC(C)C. The van der Waals surface area contributed by atoms with Crippen molar-refractivity contribution in [2.45, 2.75) is 20.8 Å². The van der Waals surface area contributed by atoms with E-state index in [9.17, 15) is 14.4 Å². The van der Waals surface area contributed by atoms with Crippen molar-refractivity contribution < 1.29 is 28.6 Å². The third kappa shape index (κ3) is 5.11. The van der Waals surface area contributed by atoms with Crippen molar-refractivity contribution in [2.75, 3.05) is 32.9 Å². The van der Waals surface area contributed by atoms with Crippen LogP contribution in [-0.4, -0.2) is 55.7 Å². The highest BCUT2D eigenvalue weighted by molar-refractivity contribution is 5.98. The van der Waals surface area contributed by atoms with Crippen LogP contribution >= 0.6 is 0 Å². The third-order valence-electron chi connectivity index (χ3n) is 3.54. The summed E-state index contributed by atoms with van der Waals surface area (Å²) in [6.07, 6.45) is 0. The zero-order valence-corrected chi connectivity index (χ0v) is 15.2. The summed E-state index contributed by atoms with van der Waals surface area (Å²) < 4.78 is 16.2. The molecular formula is C18H24N2O6. The fourth-order valence-electron chi connectivity index (χ4n) is 2.28. The van der Waals surface area contributed by atoms with E-state index in [0.717, 1.165) is 4.90 Å². The molecule has 3 amide bonds. The Hall–Kier alpha value is -2.77. The Kier molecular flexibility index (Phi) is 6.82. The average molecular weight is 364 g/mol. The minimum absolute atomic E-state index is 0.240. The first-order valence-electron chi connectivity index (χ1n) is 8.57. The second kappa shape index (κ2) is 9.07. The summed E-state index contributed by atoms with van der Waals surface area (Å²) in [5.41, 5.74) is 0.240. The van der Waals surface area contributed by atoms with Crippen LogP contribution in [0.4, 0.5) is 4.79 Å². The van der Waals surface area contributed by atoms with E-state index >= 15 is 0 Å². The van der Waals surface area contributed by atoms with Gasteiger partial charge in [0.1, 0.15) is 0 Å². The Morgan fingerprint density at radius 1 is 1.23 bits per heavy atom. The number of carbonyl (C=O) groups is 3. The molecule has 1 aromatic rings. The van der Waals surface area contributed by atoms with Crippen LogP contribution in [-0.2, 0) is 9.53 Å². The van der Waals surface area contributed by atoms with Crippen LogP contribution in [0.5, 0.6) is 11.5 Å². The molecule has 1 aliphatic rings. The number of rotatable bonds is 8. The highest BCUT2D eigenvalue weighted by atomic mass is 16.5. The van der Waals surface area contributed by atoms with Gasteiger partial charge in [-0.05, 0) is 31.0 Å². The van der Waals surface area contributed by atoms with Gasteiger partial charge in [0.05, 0.1) is 18.8 Å². The fraction of sp³-hybridized carbons (Fsp3) is 0.500. The van der Waals surface area contributed by atoms with E-state index in [0.29, 0.717) is 37.2 Å². The summed E-state index contributed by atoms with van der Waals surface area (Å²) >= 11 is 0. The maximum Gasteiger partial charge on any atom is 0.338 e. The Bertz CT molecular complexity index is 674. The van der Waals surface area contributed by atoms with Crippen molar-refractivity contribution in [1.29, 1.82) is 0 Å². The highest BCUT2D eigenvalue weighted by Crippen LogP contribution is 2.29. The number of hydrogen-bond donors (Lipinski definition) is 1. The minimum Gasteiger partial charge on any atom is -0.490 e. The lowest BCUT2D eigenvalue weighted by molar-refractivity contribution is -0.130. The minimum atomic E-state index is -0.672. The number of imide groups is 1. The molecule has 0 bridgehead atoms. The van der Waals surface area contributed by atoms with Crippen LogP contribution in [0.1, 0.15) is 31.1 Å². The van der Waals surface area contributed by atoms with Gasteiger partial charge in [-0.3, -0.25) is 9.69 Å². The summed E-state index contributed by atoms with van der Waals surface area (Å²) in [5.74, 6) is 0.0993. The van der Waals surface area contributed by atoms with Crippen LogP contribution in [0.25, 0.3) is 0 Å². The van der Waals surface area contributed by atoms with Gasteiger partial charge < -0.3 is 19.5 Å². The van der Waals surface area contributed by atoms with E-state index < -0.39 is 24.5 Å². The third-order valence-corrected chi connectivity index (χ3v) is 3.54. The van der Waals surface area contributed by atoms with Crippen molar-refractivity contribution in [2.24, 2.45) is 5.92 Å². The first-order chi connectivity index (χ1) is 12.4. The molecular weight excluding hydrogens is 340 g/mol. The Balaban J connectivity index is 2.00. The second-order valence-electron chi connectivity index (χ2n) is 6.15. The van der Waals surface area contributed by atoms with Crippen LogP contribution in [0, 0.1) is 5.92 Å². The quantitative estimate of drug-likeness (QED) is 0.707. The van der Waals surface area contributed by atoms with Gasteiger partial charge in [-0.2, -0.15) is 0 Å². The van der Waals surface area contributed by atoms with Gasteiger partial charge in [-0.1, -0.05) is 13.8 Å². The van der Waals surface area contributed by atoms with E-state index in [1.54, 1.807) is 12.1 Å². The molecule has 8 heteroatoms. The van der Waals surface area contributed by atoms with Crippen molar-refractivity contribution in [3.05, 3.63) is 23.8 Å². The lowest BCUT2D eigenvalue weighted by Crippen LogP contribution is -2.37. The molecule has 1 heterocycles. The molecule has 1 aliphatic heterocycles. The summed E-state index contributed by atoms with van der Waals surface area (Å²) in [7, 11) is 0. The predicted octanol–water partition coefficient (Wildman–Crippen LogP) is 1.83. The van der Waals surface area contributed by atoms with Gasteiger partial charge in [-0.25, -0.2) is 9.59 Å². The number of nitrogens with one attached hydrogen (secondary N) is 1. The molecule has 0 atom stereocenters. The lowest BCUT2D eigenvalue weighted by Gasteiger charge is -2.15. The molecule has 0 radical (unpaired) electrons. The van der Waals surface area contributed by atoms with Crippen LogP contribution < -0.4 is 14.8 Å². The molecule has 8 nitrogen and oxygen atoms in total. The fourth-order valence-corrected chi connectivity index (χ4v) is 2.28. The van der Waals surface area contributed by atoms with Gasteiger partial charge in [0.15, 0.2) is 18.1 Å². The normalized spacial score (nSPS) is 13.5. The predicted molar refractivity (Wildman–Crippen MR) is 93.3 cm³/mol. The van der Waals surface area contributed by atoms with E-state index in [1.807, 2.05) is 20.8 Å². The second-order valence-corrected chi connectivity index (χ2v) is 6.15. The Morgan fingerprint density at radius 2 is 2.00 bits per heavy atom. The molecule has 2 rings (SSSR count). The number of nitrogens with zero attached hydrogens (tertiary/aromatic N) is 1. The molecule has 0 aromatic heterocycles. The van der Waals surface area contributed by atoms with Crippen LogP contribution in [0.2, 0.25) is 0 Å². The maximum atomic E-state index is 12.2. The number of benzene rings is 1. The van der Waals surface area contributed by atoms with Crippen LogP contribution in [0.3, 0.4) is 0 Å². The molecule has 0 saturated carbocycles. The highest BCUT2D eigenvalue weighted by Gasteiger charge is 2.27. The Labute approximate surface area is 152 Å². The van der Waals surface area contributed by atoms with Crippen molar-refractivity contribution in [3.63, 3.8) is 0 Å². The topological polar surface area (TPSA) is 94.2 Å². The van der Waals surface area contributed by atoms with Gasteiger partial charge >= 0.3 is 12.0 Å². The summed E-state index contributed by atoms with van der Waals surface area (Å²) in [6.45, 7) is 7.00. The smallest absolute Gasteiger partial charge is 0.338 e. The van der Waals surface area contributed by atoms with Gasteiger partial charge in [0.25, 0.3) is 5.91 Å². The van der Waals surface area contributed by atoms with E-state index in [1.165, 1.54) is 6.07 Å².